The Morgan fingerprint density at radius 2 is 2.24 bits per heavy atom. The first kappa shape index (κ1) is 14.4. The molecule has 0 heterocycles. The molecule has 0 saturated carbocycles. The van der Waals surface area contributed by atoms with Gasteiger partial charge in [0.25, 0.3) is 0 Å². The zero-order valence-electron chi connectivity index (χ0n) is 10.8. The molecule has 1 unspecified atom stereocenters. The van der Waals surface area contributed by atoms with Crippen LogP contribution in [0.5, 0.6) is 5.75 Å². The van der Waals surface area contributed by atoms with Gasteiger partial charge in [0.1, 0.15) is 5.75 Å². The Morgan fingerprint density at radius 1 is 1.41 bits per heavy atom. The van der Waals surface area contributed by atoms with Crippen molar-refractivity contribution in [3.63, 3.8) is 0 Å². The van der Waals surface area contributed by atoms with Gasteiger partial charge in [0.2, 0.25) is 0 Å². The van der Waals surface area contributed by atoms with E-state index < -0.39 is 0 Å². The largest absolute Gasteiger partial charge is 0.494 e. The standard InChI is InChI=1S/C14H23NOS/c1-3-12(2)17-9-5-8-16-14-7-4-6-13(10-14)11-15/h4,6-7,10,12H,3,5,8-9,11,15H2,1-2H3. The fourth-order valence-corrected chi connectivity index (χ4v) is 2.34. The topological polar surface area (TPSA) is 35.2 Å². The van der Waals surface area contributed by atoms with E-state index in [9.17, 15) is 0 Å². The first-order chi connectivity index (χ1) is 8.26. The highest BCUT2D eigenvalue weighted by atomic mass is 32.2. The monoisotopic (exact) mass is 253 g/mol. The van der Waals surface area contributed by atoms with Crippen molar-refractivity contribution in [1.29, 1.82) is 0 Å². The van der Waals surface area contributed by atoms with E-state index in [1.165, 1.54) is 12.2 Å². The van der Waals surface area contributed by atoms with Gasteiger partial charge in [0.15, 0.2) is 0 Å². The second kappa shape index (κ2) is 8.43. The van der Waals surface area contributed by atoms with Crippen molar-refractivity contribution >= 4 is 11.8 Å². The highest BCUT2D eigenvalue weighted by molar-refractivity contribution is 7.99. The van der Waals surface area contributed by atoms with Crippen molar-refractivity contribution in [2.75, 3.05) is 12.4 Å². The van der Waals surface area contributed by atoms with Gasteiger partial charge in [0.05, 0.1) is 6.61 Å². The maximum atomic E-state index is 5.70. The van der Waals surface area contributed by atoms with Crippen LogP contribution < -0.4 is 10.5 Å². The Balaban J connectivity index is 2.17. The van der Waals surface area contributed by atoms with Crippen LogP contribution in [0.1, 0.15) is 32.3 Å². The summed E-state index contributed by atoms with van der Waals surface area (Å²) >= 11 is 2.02. The van der Waals surface area contributed by atoms with Crippen molar-refractivity contribution in [2.24, 2.45) is 5.73 Å². The highest BCUT2D eigenvalue weighted by Gasteiger charge is 1.99. The molecule has 3 heteroatoms. The second-order valence-corrected chi connectivity index (χ2v) is 5.69. The number of ether oxygens (including phenoxy) is 1. The molecule has 0 fully saturated rings. The van der Waals surface area contributed by atoms with Gasteiger partial charge in [-0.1, -0.05) is 26.0 Å². The summed E-state index contributed by atoms with van der Waals surface area (Å²) in [7, 11) is 0. The molecule has 1 aromatic carbocycles. The number of hydrogen-bond donors (Lipinski definition) is 1. The minimum absolute atomic E-state index is 0.571. The highest BCUT2D eigenvalue weighted by Crippen LogP contribution is 2.16. The van der Waals surface area contributed by atoms with Crippen LogP contribution in [0.25, 0.3) is 0 Å². The minimum atomic E-state index is 0.571. The average molecular weight is 253 g/mol. The minimum Gasteiger partial charge on any atom is -0.494 e. The number of benzene rings is 1. The lowest BCUT2D eigenvalue weighted by atomic mass is 10.2. The maximum Gasteiger partial charge on any atom is 0.119 e. The summed E-state index contributed by atoms with van der Waals surface area (Å²) in [6, 6.07) is 8.01. The molecular weight excluding hydrogens is 230 g/mol. The number of hydrogen-bond acceptors (Lipinski definition) is 3. The molecule has 1 rings (SSSR count). The Morgan fingerprint density at radius 3 is 2.94 bits per heavy atom. The molecule has 0 amide bonds. The van der Waals surface area contributed by atoms with Crippen LogP contribution in [-0.4, -0.2) is 17.6 Å². The van der Waals surface area contributed by atoms with E-state index in [0.717, 1.165) is 29.6 Å². The Kier molecular flexibility index (Phi) is 7.13. The molecule has 0 aliphatic carbocycles. The molecule has 0 spiro atoms. The molecule has 0 aliphatic rings. The van der Waals surface area contributed by atoms with Crippen LogP contribution in [0.2, 0.25) is 0 Å². The normalized spacial score (nSPS) is 12.4. The lowest BCUT2D eigenvalue weighted by molar-refractivity contribution is 0.318. The lowest BCUT2D eigenvalue weighted by Crippen LogP contribution is -2.02. The van der Waals surface area contributed by atoms with Gasteiger partial charge in [-0.15, -0.1) is 0 Å². The summed E-state index contributed by atoms with van der Waals surface area (Å²) in [5, 5.41) is 0.760. The van der Waals surface area contributed by atoms with E-state index in [4.69, 9.17) is 10.5 Å². The Labute approximate surface area is 109 Å². The molecule has 0 bridgehead atoms. The van der Waals surface area contributed by atoms with Crippen molar-refractivity contribution in [3.05, 3.63) is 29.8 Å². The third-order valence-electron chi connectivity index (χ3n) is 2.67. The smallest absolute Gasteiger partial charge is 0.119 e. The van der Waals surface area contributed by atoms with Gasteiger partial charge in [-0.05, 0) is 36.3 Å². The maximum absolute atomic E-state index is 5.70. The zero-order valence-corrected chi connectivity index (χ0v) is 11.6. The van der Waals surface area contributed by atoms with Gasteiger partial charge < -0.3 is 10.5 Å². The summed E-state index contributed by atoms with van der Waals surface area (Å²) in [5.74, 6) is 2.10. The van der Waals surface area contributed by atoms with Crippen LogP contribution in [0, 0.1) is 0 Å². The number of thioether (sulfide) groups is 1. The molecule has 0 aromatic heterocycles. The van der Waals surface area contributed by atoms with Crippen molar-refractivity contribution in [1.82, 2.24) is 0 Å². The first-order valence-corrected chi connectivity index (χ1v) is 7.34. The van der Waals surface area contributed by atoms with Crippen LogP contribution in [0.4, 0.5) is 0 Å². The van der Waals surface area contributed by atoms with E-state index in [1.54, 1.807) is 0 Å². The van der Waals surface area contributed by atoms with E-state index >= 15 is 0 Å². The van der Waals surface area contributed by atoms with E-state index in [-0.39, 0.29) is 0 Å². The molecule has 96 valence electrons. The third-order valence-corrected chi connectivity index (χ3v) is 4.10. The van der Waals surface area contributed by atoms with Crippen LogP contribution in [0.15, 0.2) is 24.3 Å². The molecule has 0 aliphatic heterocycles. The Hall–Kier alpha value is -0.670. The predicted octanol–water partition coefficient (Wildman–Crippen LogP) is 3.45. The van der Waals surface area contributed by atoms with Crippen molar-refractivity contribution in [3.8, 4) is 5.75 Å². The summed E-state index contributed by atoms with van der Waals surface area (Å²) in [6.45, 7) is 5.86. The van der Waals surface area contributed by atoms with E-state index in [2.05, 4.69) is 13.8 Å². The Bertz CT molecular complexity index is 317. The first-order valence-electron chi connectivity index (χ1n) is 6.29. The molecule has 2 N–H and O–H groups in total. The summed E-state index contributed by atoms with van der Waals surface area (Å²) in [5.41, 5.74) is 6.71. The SMILES string of the molecule is CCC(C)SCCCOc1cccc(CN)c1. The van der Waals surface area contributed by atoms with Crippen LogP contribution in [-0.2, 0) is 6.54 Å². The molecule has 2 nitrogen and oxygen atoms in total. The summed E-state index contributed by atoms with van der Waals surface area (Å²) < 4.78 is 5.70. The van der Waals surface area contributed by atoms with Crippen LogP contribution >= 0.6 is 11.8 Å². The molecule has 0 radical (unpaired) electrons. The molecule has 1 aromatic rings. The summed E-state index contributed by atoms with van der Waals surface area (Å²) in [4.78, 5) is 0. The molecular formula is C14H23NOS. The quantitative estimate of drug-likeness (QED) is 0.721. The fourth-order valence-electron chi connectivity index (χ4n) is 1.41. The third kappa shape index (κ3) is 5.99. The van der Waals surface area contributed by atoms with Gasteiger partial charge in [-0.3, -0.25) is 0 Å². The molecule has 0 saturated heterocycles. The zero-order chi connectivity index (χ0) is 12.5. The molecule has 17 heavy (non-hydrogen) atoms. The van der Waals surface area contributed by atoms with Crippen LogP contribution in [0.3, 0.4) is 0 Å². The number of rotatable bonds is 8. The van der Waals surface area contributed by atoms with E-state index in [1.807, 2.05) is 36.0 Å². The lowest BCUT2D eigenvalue weighted by Gasteiger charge is -2.09. The average Bonchev–Trinajstić information content (AvgIpc) is 2.38. The van der Waals surface area contributed by atoms with Gasteiger partial charge in [-0.25, -0.2) is 0 Å². The molecule has 1 atom stereocenters. The van der Waals surface area contributed by atoms with E-state index in [0.29, 0.717) is 6.54 Å². The predicted molar refractivity (Wildman–Crippen MR) is 76.7 cm³/mol. The van der Waals surface area contributed by atoms with Gasteiger partial charge in [0, 0.05) is 11.8 Å². The van der Waals surface area contributed by atoms with Gasteiger partial charge >= 0.3 is 0 Å². The number of nitrogens with two attached hydrogens (primary N) is 1. The van der Waals surface area contributed by atoms with Crippen molar-refractivity contribution in [2.45, 2.75) is 38.5 Å². The van der Waals surface area contributed by atoms with Gasteiger partial charge in [-0.2, -0.15) is 11.8 Å². The second-order valence-electron chi connectivity index (χ2n) is 4.14. The fraction of sp³-hybridized carbons (Fsp3) is 0.571. The van der Waals surface area contributed by atoms with Crippen molar-refractivity contribution < 1.29 is 4.74 Å². The summed E-state index contributed by atoms with van der Waals surface area (Å²) in [6.07, 6.45) is 2.34.